The number of hydrogen-bond acceptors (Lipinski definition) is 3. The molecule has 3 nitrogen and oxygen atoms in total. The first-order valence-electron chi connectivity index (χ1n) is 6.00. The highest BCUT2D eigenvalue weighted by Gasteiger charge is 1.98. The molecule has 0 spiro atoms. The highest BCUT2D eigenvalue weighted by molar-refractivity contribution is 14.1. The Morgan fingerprint density at radius 3 is 2.47 bits per heavy atom. The van der Waals surface area contributed by atoms with Crippen LogP contribution in [0.5, 0.6) is 0 Å². The Labute approximate surface area is 125 Å². The Bertz CT molecular complexity index is 695. The molecule has 0 fully saturated rings. The fraction of sp³-hybridized carbons (Fsp3) is 0.0667. The van der Waals surface area contributed by atoms with Crippen LogP contribution in [0.4, 0.5) is 5.95 Å². The van der Waals surface area contributed by atoms with Crippen LogP contribution >= 0.6 is 22.6 Å². The van der Waals surface area contributed by atoms with Gasteiger partial charge in [0.25, 0.3) is 0 Å². The minimum absolute atomic E-state index is 0.661. The molecular weight excluding hydrogens is 349 g/mol. The first kappa shape index (κ1) is 12.3. The molecule has 94 valence electrons. The van der Waals surface area contributed by atoms with Crippen LogP contribution in [0.2, 0.25) is 0 Å². The van der Waals surface area contributed by atoms with E-state index in [1.807, 2.05) is 0 Å². The van der Waals surface area contributed by atoms with E-state index in [2.05, 4.69) is 80.3 Å². The van der Waals surface area contributed by atoms with E-state index in [0.29, 0.717) is 5.95 Å². The lowest BCUT2D eigenvalue weighted by Crippen LogP contribution is -2.03. The first-order chi connectivity index (χ1) is 9.31. The van der Waals surface area contributed by atoms with Crippen molar-refractivity contribution in [2.45, 2.75) is 6.54 Å². The second-order valence-electron chi connectivity index (χ2n) is 4.26. The Morgan fingerprint density at radius 1 is 0.947 bits per heavy atom. The molecule has 0 aliphatic heterocycles. The molecular formula is C15H12IN3. The molecule has 0 bridgehead atoms. The van der Waals surface area contributed by atoms with Crippen LogP contribution in [-0.2, 0) is 6.54 Å². The van der Waals surface area contributed by atoms with Crippen molar-refractivity contribution in [3.8, 4) is 0 Å². The van der Waals surface area contributed by atoms with Gasteiger partial charge in [-0.2, -0.15) is 0 Å². The fourth-order valence-corrected chi connectivity index (χ4v) is 2.21. The van der Waals surface area contributed by atoms with Gasteiger partial charge in [0.1, 0.15) is 0 Å². The molecule has 0 radical (unpaired) electrons. The number of benzene rings is 2. The summed E-state index contributed by atoms with van der Waals surface area (Å²) in [5.74, 6) is 0.661. The van der Waals surface area contributed by atoms with E-state index in [1.165, 1.54) is 16.3 Å². The average molecular weight is 361 g/mol. The maximum Gasteiger partial charge on any atom is 0.222 e. The minimum atomic E-state index is 0.661. The van der Waals surface area contributed by atoms with Gasteiger partial charge >= 0.3 is 0 Å². The molecule has 4 heteroatoms. The number of halogens is 1. The van der Waals surface area contributed by atoms with Gasteiger partial charge in [0.15, 0.2) is 0 Å². The molecule has 0 saturated heterocycles. The summed E-state index contributed by atoms with van der Waals surface area (Å²) in [6, 6.07) is 14.8. The van der Waals surface area contributed by atoms with Crippen LogP contribution in [0, 0.1) is 3.57 Å². The molecule has 0 aliphatic carbocycles. The predicted molar refractivity (Wildman–Crippen MR) is 86.0 cm³/mol. The topological polar surface area (TPSA) is 37.8 Å². The van der Waals surface area contributed by atoms with E-state index in [1.54, 1.807) is 12.4 Å². The summed E-state index contributed by atoms with van der Waals surface area (Å²) in [6.07, 6.45) is 3.60. The van der Waals surface area contributed by atoms with Gasteiger partial charge in [-0.1, -0.05) is 36.4 Å². The van der Waals surface area contributed by atoms with Crippen LogP contribution in [0.1, 0.15) is 5.56 Å². The highest BCUT2D eigenvalue weighted by atomic mass is 127. The lowest BCUT2D eigenvalue weighted by molar-refractivity contribution is 1.05. The normalized spacial score (nSPS) is 10.6. The minimum Gasteiger partial charge on any atom is -0.350 e. The molecule has 0 atom stereocenters. The Kier molecular flexibility index (Phi) is 3.59. The highest BCUT2D eigenvalue weighted by Crippen LogP contribution is 2.16. The number of nitrogens with zero attached hydrogens (tertiary/aromatic N) is 2. The summed E-state index contributed by atoms with van der Waals surface area (Å²) in [7, 11) is 0. The largest absolute Gasteiger partial charge is 0.350 e. The van der Waals surface area contributed by atoms with Gasteiger partial charge < -0.3 is 5.32 Å². The van der Waals surface area contributed by atoms with E-state index in [4.69, 9.17) is 0 Å². The zero-order valence-corrected chi connectivity index (χ0v) is 12.3. The van der Waals surface area contributed by atoms with E-state index in [-0.39, 0.29) is 0 Å². The molecule has 1 aromatic heterocycles. The first-order valence-corrected chi connectivity index (χ1v) is 7.08. The van der Waals surface area contributed by atoms with Gasteiger partial charge in [-0.25, -0.2) is 9.97 Å². The molecule has 0 amide bonds. The molecule has 0 unspecified atom stereocenters. The summed E-state index contributed by atoms with van der Waals surface area (Å²) in [5.41, 5.74) is 1.22. The quantitative estimate of drug-likeness (QED) is 0.721. The van der Waals surface area contributed by atoms with Crippen LogP contribution < -0.4 is 5.32 Å². The van der Waals surface area contributed by atoms with Crippen molar-refractivity contribution >= 4 is 39.3 Å². The number of nitrogens with one attached hydrogen (secondary N) is 1. The van der Waals surface area contributed by atoms with Crippen LogP contribution in [0.15, 0.2) is 54.9 Å². The third kappa shape index (κ3) is 3.01. The van der Waals surface area contributed by atoms with Crippen LogP contribution in [-0.4, -0.2) is 9.97 Å². The van der Waals surface area contributed by atoms with Gasteiger partial charge in [0.2, 0.25) is 5.95 Å². The number of rotatable bonds is 3. The van der Waals surface area contributed by atoms with Gasteiger partial charge in [-0.15, -0.1) is 0 Å². The summed E-state index contributed by atoms with van der Waals surface area (Å²) in [6.45, 7) is 0.728. The molecule has 3 aromatic rings. The molecule has 1 heterocycles. The average Bonchev–Trinajstić information content (AvgIpc) is 2.46. The number of aromatic nitrogens is 2. The van der Waals surface area contributed by atoms with Crippen molar-refractivity contribution in [3.05, 3.63) is 64.0 Å². The number of anilines is 1. The van der Waals surface area contributed by atoms with E-state index >= 15 is 0 Å². The smallest absolute Gasteiger partial charge is 0.222 e. The molecule has 0 saturated carbocycles. The Balaban J connectivity index is 1.76. The lowest BCUT2D eigenvalue weighted by Gasteiger charge is -2.06. The van der Waals surface area contributed by atoms with Gasteiger partial charge in [-0.3, -0.25) is 0 Å². The van der Waals surface area contributed by atoms with Gasteiger partial charge in [0.05, 0.1) is 0 Å². The van der Waals surface area contributed by atoms with Crippen molar-refractivity contribution in [1.82, 2.24) is 9.97 Å². The number of hydrogen-bond donors (Lipinski definition) is 1. The monoisotopic (exact) mass is 361 g/mol. The maximum absolute atomic E-state index is 4.23. The SMILES string of the molecule is Ic1cnc(NCc2ccc3ccccc3c2)nc1. The molecule has 19 heavy (non-hydrogen) atoms. The van der Waals surface area contributed by atoms with E-state index in [0.717, 1.165) is 10.1 Å². The summed E-state index contributed by atoms with van der Waals surface area (Å²) in [4.78, 5) is 8.45. The van der Waals surface area contributed by atoms with E-state index < -0.39 is 0 Å². The van der Waals surface area contributed by atoms with Crippen LogP contribution in [0.25, 0.3) is 10.8 Å². The third-order valence-electron chi connectivity index (χ3n) is 2.88. The fourth-order valence-electron chi connectivity index (χ4n) is 1.93. The summed E-state index contributed by atoms with van der Waals surface area (Å²) >= 11 is 2.19. The second-order valence-corrected chi connectivity index (χ2v) is 5.51. The Hall–Kier alpha value is -1.69. The van der Waals surface area contributed by atoms with E-state index in [9.17, 15) is 0 Å². The van der Waals surface area contributed by atoms with Gasteiger partial charge in [-0.05, 0) is 45.0 Å². The van der Waals surface area contributed by atoms with Crippen molar-refractivity contribution < 1.29 is 0 Å². The zero-order chi connectivity index (χ0) is 13.1. The van der Waals surface area contributed by atoms with Crippen molar-refractivity contribution in [2.75, 3.05) is 5.32 Å². The van der Waals surface area contributed by atoms with Gasteiger partial charge in [0, 0.05) is 22.5 Å². The molecule has 2 aromatic carbocycles. The summed E-state index contributed by atoms with van der Waals surface area (Å²) in [5, 5.41) is 5.74. The number of fused-ring (bicyclic) bond motifs is 1. The zero-order valence-electron chi connectivity index (χ0n) is 10.2. The van der Waals surface area contributed by atoms with Crippen molar-refractivity contribution in [3.63, 3.8) is 0 Å². The third-order valence-corrected chi connectivity index (χ3v) is 3.44. The Morgan fingerprint density at radius 2 is 1.68 bits per heavy atom. The lowest BCUT2D eigenvalue weighted by atomic mass is 10.1. The molecule has 0 aliphatic rings. The second kappa shape index (κ2) is 5.52. The van der Waals surface area contributed by atoms with Crippen molar-refractivity contribution in [1.29, 1.82) is 0 Å². The van der Waals surface area contributed by atoms with Crippen molar-refractivity contribution in [2.24, 2.45) is 0 Å². The predicted octanol–water partition coefficient (Wildman–Crippen LogP) is 3.85. The maximum atomic E-state index is 4.23. The molecule has 1 N–H and O–H groups in total. The standard InChI is InChI=1S/C15H12IN3/c16-14-9-18-15(19-10-14)17-8-11-5-6-12-3-1-2-4-13(12)7-11/h1-7,9-10H,8H2,(H,17,18,19). The van der Waals surface area contributed by atoms with Crippen LogP contribution in [0.3, 0.4) is 0 Å². The summed E-state index contributed by atoms with van der Waals surface area (Å²) < 4.78 is 1.04. The molecule has 3 rings (SSSR count).